The van der Waals surface area contributed by atoms with Gasteiger partial charge in [-0.15, -0.1) is 5.92 Å². The highest BCUT2D eigenvalue weighted by Gasteiger charge is 2.33. The first kappa shape index (κ1) is 16.2. The summed E-state index contributed by atoms with van der Waals surface area (Å²) >= 11 is 0. The van der Waals surface area contributed by atoms with Gasteiger partial charge in [-0.1, -0.05) is 49.2 Å². The lowest BCUT2D eigenvalue weighted by molar-refractivity contribution is 0.574. The van der Waals surface area contributed by atoms with Gasteiger partial charge in [0.1, 0.15) is 0 Å². The average molecular weight is 291 g/mol. The van der Waals surface area contributed by atoms with Crippen molar-refractivity contribution in [3.05, 3.63) is 30.3 Å². The lowest BCUT2D eigenvalue weighted by atomic mass is 10.3. The highest BCUT2D eigenvalue weighted by molar-refractivity contribution is 6.94. The molecule has 0 aliphatic rings. The van der Waals surface area contributed by atoms with Gasteiger partial charge in [0.25, 0.3) is 8.32 Å². The van der Waals surface area contributed by atoms with Crippen molar-refractivity contribution in [2.45, 2.75) is 52.4 Å². The van der Waals surface area contributed by atoms with E-state index in [0.29, 0.717) is 0 Å². The number of unbranched alkanes of at least 4 members (excludes halogenated alkanes) is 2. The van der Waals surface area contributed by atoms with Crippen LogP contribution in [-0.2, 0) is 4.12 Å². The predicted molar refractivity (Wildman–Crippen MR) is 89.4 cm³/mol. The van der Waals surface area contributed by atoms with E-state index >= 15 is 0 Å². The zero-order chi connectivity index (χ0) is 14.4. The Labute approximate surface area is 120 Å². The topological polar surface area (TPSA) is 9.23 Å². The smallest absolute Gasteiger partial charge is 0.256 e. The molecule has 0 heterocycles. The maximum absolute atomic E-state index is 6.50. The Morgan fingerprint density at radius 2 is 1.68 bits per heavy atom. The third-order valence-electron chi connectivity index (χ3n) is 3.02. The van der Waals surface area contributed by atoms with E-state index in [1.807, 2.05) is 0 Å². The molecule has 1 aromatic rings. The van der Waals surface area contributed by atoms with Crippen molar-refractivity contribution >= 4 is 21.8 Å². The lowest BCUT2D eigenvalue weighted by Crippen LogP contribution is -2.52. The summed E-state index contributed by atoms with van der Waals surface area (Å²) in [6, 6.07) is 10.6. The fourth-order valence-corrected chi connectivity index (χ4v) is 9.43. The highest BCUT2D eigenvalue weighted by Crippen LogP contribution is 2.14. The van der Waals surface area contributed by atoms with Gasteiger partial charge in [0.2, 0.25) is 8.32 Å². The second-order valence-corrected chi connectivity index (χ2v) is 13.6. The molecule has 1 nitrogen and oxygen atoms in total. The van der Waals surface area contributed by atoms with Crippen molar-refractivity contribution in [1.29, 1.82) is 0 Å². The van der Waals surface area contributed by atoms with Crippen molar-refractivity contribution in [2.75, 3.05) is 0 Å². The normalized spacial score (nSPS) is 11.8. The molecule has 1 rings (SSSR count). The van der Waals surface area contributed by atoms with E-state index < -0.39 is 16.6 Å². The number of hydrogen-bond acceptors (Lipinski definition) is 1. The molecule has 0 fully saturated rings. The Bertz CT molecular complexity index is 441. The Morgan fingerprint density at radius 1 is 1.05 bits per heavy atom. The summed E-state index contributed by atoms with van der Waals surface area (Å²) in [6.07, 6.45) is 3.41. The van der Waals surface area contributed by atoms with Crippen LogP contribution in [0.4, 0.5) is 0 Å². The third kappa shape index (κ3) is 5.77. The summed E-state index contributed by atoms with van der Waals surface area (Å²) < 4.78 is 6.50. The maximum Gasteiger partial charge on any atom is 0.256 e. The van der Waals surface area contributed by atoms with Crippen molar-refractivity contribution in [3.63, 3.8) is 0 Å². The number of rotatable bonds is 5. The molecule has 0 amide bonds. The van der Waals surface area contributed by atoms with E-state index in [2.05, 4.69) is 74.9 Å². The van der Waals surface area contributed by atoms with Gasteiger partial charge in [0, 0.05) is 6.42 Å². The van der Waals surface area contributed by atoms with Crippen LogP contribution in [0.25, 0.3) is 0 Å². The SMILES string of the molecule is CCCCC#C[Si](C)(C)O[Si](C)(C)c1ccccc1. The Hall–Kier alpha value is -0.826. The highest BCUT2D eigenvalue weighted by atomic mass is 28.4. The molecule has 19 heavy (non-hydrogen) atoms. The minimum absolute atomic E-state index is 1.00. The van der Waals surface area contributed by atoms with Crippen molar-refractivity contribution in [1.82, 2.24) is 0 Å². The molecule has 0 aliphatic carbocycles. The predicted octanol–water partition coefficient (Wildman–Crippen LogP) is 4.05. The second-order valence-electron chi connectivity index (χ2n) is 5.89. The fourth-order valence-electron chi connectivity index (χ4n) is 2.10. The molecular weight excluding hydrogens is 264 g/mol. The van der Waals surface area contributed by atoms with Crippen molar-refractivity contribution < 1.29 is 4.12 Å². The van der Waals surface area contributed by atoms with Crippen molar-refractivity contribution in [2.24, 2.45) is 0 Å². The van der Waals surface area contributed by atoms with E-state index in [1.165, 1.54) is 18.0 Å². The first-order valence-electron chi connectivity index (χ1n) is 7.13. The van der Waals surface area contributed by atoms with Crippen LogP contribution in [0.3, 0.4) is 0 Å². The molecule has 1 aromatic carbocycles. The average Bonchev–Trinajstić information content (AvgIpc) is 2.35. The van der Waals surface area contributed by atoms with Gasteiger partial charge in [-0.2, -0.15) is 0 Å². The Balaban J connectivity index is 2.73. The largest absolute Gasteiger partial charge is 0.443 e. The van der Waals surface area contributed by atoms with Gasteiger partial charge in [0.05, 0.1) is 0 Å². The molecule has 0 unspecified atom stereocenters. The molecule has 0 aliphatic heterocycles. The van der Waals surface area contributed by atoms with E-state index in [-0.39, 0.29) is 0 Å². The van der Waals surface area contributed by atoms with Crippen LogP contribution in [-0.4, -0.2) is 16.6 Å². The summed E-state index contributed by atoms with van der Waals surface area (Å²) in [6.45, 7) is 11.2. The maximum atomic E-state index is 6.50. The summed E-state index contributed by atoms with van der Waals surface area (Å²) in [5.41, 5.74) is 3.42. The molecule has 0 spiro atoms. The zero-order valence-electron chi connectivity index (χ0n) is 12.9. The molecular formula is C16H26OSi2. The van der Waals surface area contributed by atoms with Crippen LogP contribution in [0.15, 0.2) is 30.3 Å². The first-order chi connectivity index (χ1) is 8.87. The molecule has 0 saturated carbocycles. The zero-order valence-corrected chi connectivity index (χ0v) is 14.9. The van der Waals surface area contributed by atoms with Gasteiger partial charge in [0.15, 0.2) is 0 Å². The molecule has 104 valence electrons. The lowest BCUT2D eigenvalue weighted by Gasteiger charge is -2.30. The minimum atomic E-state index is -1.87. The van der Waals surface area contributed by atoms with Crippen molar-refractivity contribution in [3.8, 4) is 11.5 Å². The summed E-state index contributed by atoms with van der Waals surface area (Å²) in [7, 11) is -3.69. The van der Waals surface area contributed by atoms with Crippen LogP contribution < -0.4 is 5.19 Å². The molecule has 0 radical (unpaired) electrons. The van der Waals surface area contributed by atoms with Gasteiger partial charge in [-0.25, -0.2) is 0 Å². The van der Waals surface area contributed by atoms with E-state index in [4.69, 9.17) is 4.12 Å². The molecule has 0 bridgehead atoms. The standard InChI is InChI=1S/C16H26OSi2/c1-6-7-8-12-15-18(2,3)17-19(4,5)16-13-10-9-11-14-16/h9-11,13-14H,6-8H2,1-5H3. The minimum Gasteiger partial charge on any atom is -0.443 e. The van der Waals surface area contributed by atoms with E-state index in [9.17, 15) is 0 Å². The van der Waals surface area contributed by atoms with Crippen LogP contribution in [0.1, 0.15) is 26.2 Å². The summed E-state index contributed by atoms with van der Waals surface area (Å²) in [5.74, 6) is 3.31. The second kappa shape index (κ2) is 7.09. The molecule has 0 aromatic heterocycles. The third-order valence-corrected chi connectivity index (χ3v) is 9.61. The van der Waals surface area contributed by atoms with Crippen LogP contribution in [0.5, 0.6) is 0 Å². The monoisotopic (exact) mass is 290 g/mol. The quantitative estimate of drug-likeness (QED) is 0.451. The van der Waals surface area contributed by atoms with E-state index in [0.717, 1.165) is 6.42 Å². The summed E-state index contributed by atoms with van der Waals surface area (Å²) in [5, 5.41) is 1.35. The first-order valence-corrected chi connectivity index (χ1v) is 12.9. The Morgan fingerprint density at radius 3 is 2.26 bits per heavy atom. The van der Waals surface area contributed by atoms with Gasteiger partial charge in [-0.3, -0.25) is 0 Å². The molecule has 0 atom stereocenters. The molecule has 0 N–H and O–H groups in total. The van der Waals surface area contributed by atoms with Gasteiger partial charge in [-0.05, 0) is 37.8 Å². The molecule has 0 saturated heterocycles. The Kier molecular flexibility index (Phi) is 6.06. The van der Waals surface area contributed by atoms with Gasteiger partial charge >= 0.3 is 0 Å². The summed E-state index contributed by atoms with van der Waals surface area (Å²) in [4.78, 5) is 0. The number of benzene rings is 1. The van der Waals surface area contributed by atoms with E-state index in [1.54, 1.807) is 0 Å². The van der Waals surface area contributed by atoms with Crippen LogP contribution in [0, 0.1) is 11.5 Å². The fraction of sp³-hybridized carbons (Fsp3) is 0.500. The van der Waals surface area contributed by atoms with Gasteiger partial charge < -0.3 is 4.12 Å². The van der Waals surface area contributed by atoms with Crippen LogP contribution >= 0.6 is 0 Å². The van der Waals surface area contributed by atoms with Crippen LogP contribution in [0.2, 0.25) is 26.2 Å². The number of hydrogen-bond donors (Lipinski definition) is 0. The molecule has 3 heteroatoms.